The van der Waals surface area contributed by atoms with E-state index < -0.39 is 24.4 Å². The van der Waals surface area contributed by atoms with Crippen LogP contribution in [0.4, 0.5) is 32.1 Å². The second-order valence-corrected chi connectivity index (χ2v) is 21.9. The zero-order valence-corrected chi connectivity index (χ0v) is 45.3. The van der Waals surface area contributed by atoms with Crippen molar-refractivity contribution < 1.29 is 46.8 Å². The topological polar surface area (TPSA) is 299 Å². The number of aliphatic hydroxyl groups is 2. The Labute approximate surface area is 470 Å². The number of anilines is 4. The fraction of sp³-hybridized carbons (Fsp3) is 0.385. The SMILES string of the molecule is Nc1nc2c(sc(=O)n2CCN2CCN(c3ccc(O[C@@H]4COC[C@H]4O)cc3F)CC2)c2nc(-c3ccco3)nn12.Nc1nc2c(sc(=O)n2CCN2CCN(c3ccc(O[C@H]4COC[C@@H]4O)cc3F)CC2)c2nc(-c3ccco3)nn12. The number of nitrogens with zero attached hydrogens (tertiary/aromatic N) is 14. The van der Waals surface area contributed by atoms with Crippen molar-refractivity contribution in [3.05, 3.63) is 104 Å². The molecule has 0 amide bonds. The van der Waals surface area contributed by atoms with Crippen molar-refractivity contribution in [2.45, 2.75) is 37.5 Å². The van der Waals surface area contributed by atoms with E-state index in [4.69, 9.17) is 39.2 Å². The summed E-state index contributed by atoms with van der Waals surface area (Å²) in [5.41, 5.74) is 15.2. The van der Waals surface area contributed by atoms with Crippen LogP contribution in [0.1, 0.15) is 0 Å². The Hall–Kier alpha value is -8.10. The Kier molecular flexibility index (Phi) is 14.5. The maximum absolute atomic E-state index is 15.0. The molecule has 4 saturated heterocycles. The summed E-state index contributed by atoms with van der Waals surface area (Å²) < 4.78 is 69.8. The first-order valence-corrected chi connectivity index (χ1v) is 28.1. The average molecular weight is 1170 g/mol. The summed E-state index contributed by atoms with van der Waals surface area (Å²) in [6, 6.07) is 16.5. The van der Waals surface area contributed by atoms with E-state index in [1.807, 2.05) is 9.80 Å². The molecule has 8 aromatic heterocycles. The minimum absolute atomic E-state index is 0.129. The number of furan rings is 2. The molecule has 4 fully saturated rings. The van der Waals surface area contributed by atoms with Crippen LogP contribution in [0.2, 0.25) is 0 Å². The van der Waals surface area contributed by atoms with Gasteiger partial charge in [-0.15, -0.1) is 10.2 Å². The molecular formula is C52H54F2N16O10S2. The maximum atomic E-state index is 15.0. The van der Waals surface area contributed by atoms with Gasteiger partial charge in [0.1, 0.15) is 56.9 Å². The third-order valence-electron chi connectivity index (χ3n) is 14.8. The molecule has 0 bridgehead atoms. The molecule has 0 unspecified atom stereocenters. The number of hydrogen-bond acceptors (Lipinski definition) is 24. The fourth-order valence-electron chi connectivity index (χ4n) is 10.4. The highest BCUT2D eigenvalue weighted by molar-refractivity contribution is 7.17. The van der Waals surface area contributed by atoms with E-state index in [2.05, 4.69) is 39.9 Å². The molecule has 0 saturated carbocycles. The largest absolute Gasteiger partial charge is 0.485 e. The average Bonchev–Trinajstić information content (AvgIpc) is 4.53. The van der Waals surface area contributed by atoms with Gasteiger partial charge in [-0.05, 0) is 48.5 Å². The van der Waals surface area contributed by atoms with Crippen molar-refractivity contribution in [2.75, 3.05) is 113 Å². The van der Waals surface area contributed by atoms with Crippen molar-refractivity contribution in [1.29, 1.82) is 0 Å². The molecule has 0 aliphatic carbocycles. The lowest BCUT2D eigenvalue weighted by molar-refractivity contribution is 0.0731. The van der Waals surface area contributed by atoms with E-state index in [-0.39, 0.29) is 59.7 Å². The zero-order chi connectivity index (χ0) is 56.2. The van der Waals surface area contributed by atoms with E-state index in [1.165, 1.54) is 33.7 Å². The molecular weight excluding hydrogens is 1110 g/mol. The molecule has 4 aliphatic heterocycles. The van der Waals surface area contributed by atoms with E-state index in [9.17, 15) is 28.6 Å². The van der Waals surface area contributed by atoms with Crippen LogP contribution in [0.15, 0.2) is 91.6 Å². The monoisotopic (exact) mass is 1160 g/mol. The number of aliphatic hydroxyl groups excluding tert-OH is 2. The Morgan fingerprint density at radius 2 is 0.988 bits per heavy atom. The molecule has 14 rings (SSSR count). The molecule has 12 heterocycles. The number of ether oxygens (including phenoxy) is 4. The van der Waals surface area contributed by atoms with Gasteiger partial charge in [-0.25, -0.2) is 18.7 Å². The highest BCUT2D eigenvalue weighted by atomic mass is 32.1. The lowest BCUT2D eigenvalue weighted by Crippen LogP contribution is -2.47. The molecule has 4 atom stereocenters. The molecule has 428 valence electrons. The van der Waals surface area contributed by atoms with Gasteiger partial charge in [0.15, 0.2) is 34.1 Å². The highest BCUT2D eigenvalue weighted by Gasteiger charge is 2.31. The minimum Gasteiger partial charge on any atom is -0.485 e. The zero-order valence-electron chi connectivity index (χ0n) is 43.7. The first-order valence-electron chi connectivity index (χ1n) is 26.5. The van der Waals surface area contributed by atoms with Crippen molar-refractivity contribution in [1.82, 2.24) is 58.1 Å². The summed E-state index contributed by atoms with van der Waals surface area (Å²) >= 11 is 2.12. The molecule has 0 radical (unpaired) electrons. The number of halogens is 2. The van der Waals surface area contributed by atoms with Crippen LogP contribution in [0.3, 0.4) is 0 Å². The highest BCUT2D eigenvalue weighted by Crippen LogP contribution is 2.31. The Morgan fingerprint density at radius 3 is 1.35 bits per heavy atom. The second-order valence-electron chi connectivity index (χ2n) is 20.0. The van der Waals surface area contributed by atoms with Gasteiger partial charge >= 0.3 is 9.75 Å². The van der Waals surface area contributed by atoms with E-state index in [0.717, 1.165) is 22.7 Å². The van der Waals surface area contributed by atoms with Crippen LogP contribution in [-0.4, -0.2) is 185 Å². The van der Waals surface area contributed by atoms with Crippen LogP contribution in [0.5, 0.6) is 11.5 Å². The van der Waals surface area contributed by atoms with Crippen LogP contribution < -0.4 is 40.5 Å². The van der Waals surface area contributed by atoms with Gasteiger partial charge in [-0.3, -0.25) is 28.5 Å². The number of nitrogen functional groups attached to an aromatic ring is 2. The number of hydrogen-bond donors (Lipinski definition) is 4. The summed E-state index contributed by atoms with van der Waals surface area (Å²) in [5, 5.41) is 28.5. The molecule has 6 N–H and O–H groups in total. The van der Waals surface area contributed by atoms with Gasteiger partial charge < -0.3 is 59.3 Å². The summed E-state index contributed by atoms with van der Waals surface area (Å²) in [6.45, 7) is 8.44. The molecule has 10 aromatic rings. The van der Waals surface area contributed by atoms with Crippen molar-refractivity contribution in [3.8, 4) is 34.7 Å². The number of aromatic nitrogens is 10. The minimum atomic E-state index is -0.717. The summed E-state index contributed by atoms with van der Waals surface area (Å²) in [5.74, 6) is 1.95. The standard InChI is InChI=1S/2C26H27FN8O5S/c2*27-16-12-15(40-20-14-38-13-18(20)36)3-4-17(16)33-8-5-32(6-9-33)7-10-34-23-21(41-26(34)37)24-29-22(19-2-1-11-39-19)31-35(24)25(28)30-23/h2*1-4,11-12,18,20,36H,5-10,13-14H2,(H2,28,30)/t2*18-,20-/m10/s1. The molecule has 2 aromatic carbocycles. The first-order chi connectivity index (χ1) is 39.9. The van der Waals surface area contributed by atoms with Gasteiger partial charge in [-0.2, -0.15) is 19.0 Å². The number of nitrogens with two attached hydrogens (primary N) is 2. The smallest absolute Gasteiger partial charge is 0.309 e. The number of rotatable bonds is 14. The summed E-state index contributed by atoms with van der Waals surface area (Å²) in [6.07, 6.45) is 0.648. The summed E-state index contributed by atoms with van der Waals surface area (Å²) in [7, 11) is 0. The van der Waals surface area contributed by atoms with Crippen LogP contribution >= 0.6 is 22.7 Å². The number of fused-ring (bicyclic) bond motifs is 6. The lowest BCUT2D eigenvalue weighted by Gasteiger charge is -2.36. The quantitative estimate of drug-likeness (QED) is 0.122. The molecule has 30 heteroatoms. The van der Waals surface area contributed by atoms with Crippen LogP contribution in [-0.2, 0) is 22.6 Å². The molecule has 82 heavy (non-hydrogen) atoms. The van der Waals surface area contributed by atoms with Crippen molar-refractivity contribution >= 4 is 77.9 Å². The third-order valence-corrected chi connectivity index (χ3v) is 16.8. The predicted octanol–water partition coefficient (Wildman–Crippen LogP) is 2.89. The maximum Gasteiger partial charge on any atom is 0.309 e. The van der Waals surface area contributed by atoms with E-state index in [0.29, 0.717) is 157 Å². The van der Waals surface area contributed by atoms with Gasteiger partial charge in [0.25, 0.3) is 0 Å². The van der Waals surface area contributed by atoms with Crippen LogP contribution in [0.25, 0.3) is 55.2 Å². The van der Waals surface area contributed by atoms with Crippen molar-refractivity contribution in [2.24, 2.45) is 0 Å². The van der Waals surface area contributed by atoms with Crippen molar-refractivity contribution in [3.63, 3.8) is 0 Å². The Bertz CT molecular complexity index is 3780. The second kappa shape index (κ2) is 22.3. The molecule has 26 nitrogen and oxygen atoms in total. The van der Waals surface area contributed by atoms with Gasteiger partial charge in [-0.1, -0.05) is 22.7 Å². The first kappa shape index (κ1) is 53.2. The van der Waals surface area contributed by atoms with Gasteiger partial charge in [0.05, 0.1) is 50.3 Å². The van der Waals surface area contributed by atoms with E-state index >= 15 is 0 Å². The predicted molar refractivity (Wildman–Crippen MR) is 298 cm³/mol. The fourth-order valence-corrected chi connectivity index (χ4v) is 12.3. The van der Waals surface area contributed by atoms with Gasteiger partial charge in [0.2, 0.25) is 23.5 Å². The molecule has 0 spiro atoms. The Balaban J connectivity index is 0.000000154. The number of piperazine rings is 2. The van der Waals surface area contributed by atoms with Gasteiger partial charge in [0, 0.05) is 90.7 Å². The van der Waals surface area contributed by atoms with Crippen LogP contribution in [0, 0.1) is 11.6 Å². The number of benzene rings is 2. The normalized spacial score (nSPS) is 20.0. The molecule has 4 aliphatic rings. The number of thiazole rings is 2. The third kappa shape index (κ3) is 10.5. The lowest BCUT2D eigenvalue weighted by atomic mass is 10.2. The Morgan fingerprint density at radius 1 is 0.561 bits per heavy atom. The summed E-state index contributed by atoms with van der Waals surface area (Å²) in [4.78, 5) is 52.1. The van der Waals surface area contributed by atoms with E-state index in [1.54, 1.807) is 57.7 Å².